The predicted octanol–water partition coefficient (Wildman–Crippen LogP) is 4.34. The smallest absolute Gasteiger partial charge is 0.254 e. The van der Waals surface area contributed by atoms with Gasteiger partial charge in [-0.15, -0.1) is 0 Å². The summed E-state index contributed by atoms with van der Waals surface area (Å²) in [5.41, 5.74) is 5.24. The molecule has 3 aromatic rings. The average Bonchev–Trinajstić information content (AvgIpc) is 3.30. The Morgan fingerprint density at radius 2 is 1.91 bits per heavy atom. The number of aliphatic hydroxyl groups excluding tert-OH is 1. The maximum Gasteiger partial charge on any atom is 0.254 e. The summed E-state index contributed by atoms with van der Waals surface area (Å²) >= 11 is 0. The maximum atomic E-state index is 8.94. The van der Waals surface area contributed by atoms with E-state index in [0.717, 1.165) is 23.1 Å². The standard InChI is InChI=1S/C26H29N3O3/c1-26(18-31-2)16-22(11-12-23(26)20-8-4-3-5-9-20)25-28-24(29-32-25)21-10-6-7-19(15-21)17-27-13-14-30/h3-12,15,27,30H,13-14,16-18H2,1-2H3. The van der Waals surface area contributed by atoms with E-state index in [1.54, 1.807) is 7.11 Å². The fourth-order valence-corrected chi connectivity index (χ4v) is 4.22. The minimum atomic E-state index is -0.201. The molecule has 6 nitrogen and oxygen atoms in total. The van der Waals surface area contributed by atoms with E-state index in [2.05, 4.69) is 58.8 Å². The highest BCUT2D eigenvalue weighted by atomic mass is 16.5. The van der Waals surface area contributed by atoms with Gasteiger partial charge in [-0.2, -0.15) is 4.98 Å². The van der Waals surface area contributed by atoms with Gasteiger partial charge in [-0.25, -0.2) is 0 Å². The monoisotopic (exact) mass is 431 g/mol. The quantitative estimate of drug-likeness (QED) is 0.491. The van der Waals surface area contributed by atoms with Crippen LogP contribution in [0.4, 0.5) is 0 Å². The molecule has 1 atom stereocenters. The molecule has 1 heterocycles. The lowest BCUT2D eigenvalue weighted by atomic mass is 9.71. The molecule has 2 N–H and O–H groups in total. The van der Waals surface area contributed by atoms with E-state index >= 15 is 0 Å². The van der Waals surface area contributed by atoms with Crippen LogP contribution >= 0.6 is 0 Å². The fraction of sp³-hybridized carbons (Fsp3) is 0.308. The van der Waals surface area contributed by atoms with Crippen LogP contribution in [0.25, 0.3) is 22.5 Å². The average molecular weight is 432 g/mol. The van der Waals surface area contributed by atoms with Gasteiger partial charge in [0.1, 0.15) is 0 Å². The highest BCUT2D eigenvalue weighted by Crippen LogP contribution is 2.45. The molecule has 0 radical (unpaired) electrons. The van der Waals surface area contributed by atoms with Gasteiger partial charge in [0.05, 0.1) is 13.2 Å². The van der Waals surface area contributed by atoms with Gasteiger partial charge in [-0.1, -0.05) is 72.8 Å². The number of hydrogen-bond donors (Lipinski definition) is 2. The first kappa shape index (κ1) is 22.1. The Bertz CT molecular complexity index is 1100. The van der Waals surface area contributed by atoms with Crippen molar-refractivity contribution in [2.75, 3.05) is 26.9 Å². The number of rotatable bonds is 9. The van der Waals surface area contributed by atoms with Gasteiger partial charge >= 0.3 is 0 Å². The zero-order chi connectivity index (χ0) is 22.4. The molecule has 6 heteroatoms. The lowest BCUT2D eigenvalue weighted by molar-refractivity contribution is 0.129. The highest BCUT2D eigenvalue weighted by molar-refractivity contribution is 5.80. The van der Waals surface area contributed by atoms with Gasteiger partial charge in [0, 0.05) is 36.8 Å². The molecule has 0 saturated carbocycles. The molecule has 0 aliphatic heterocycles. The van der Waals surface area contributed by atoms with E-state index in [1.165, 1.54) is 11.1 Å². The highest BCUT2D eigenvalue weighted by Gasteiger charge is 2.35. The van der Waals surface area contributed by atoms with Crippen LogP contribution in [0.5, 0.6) is 0 Å². The first-order valence-corrected chi connectivity index (χ1v) is 10.8. The Morgan fingerprint density at radius 3 is 2.69 bits per heavy atom. The normalized spacial score (nSPS) is 18.3. The van der Waals surface area contributed by atoms with Crippen molar-refractivity contribution < 1.29 is 14.4 Å². The first-order valence-electron chi connectivity index (χ1n) is 10.8. The zero-order valence-electron chi connectivity index (χ0n) is 18.5. The molecule has 1 aliphatic rings. The fourth-order valence-electron chi connectivity index (χ4n) is 4.22. The summed E-state index contributed by atoms with van der Waals surface area (Å²) in [5.74, 6) is 1.10. The van der Waals surface area contributed by atoms with Crippen LogP contribution in [-0.2, 0) is 11.3 Å². The molecule has 0 fully saturated rings. The maximum absolute atomic E-state index is 8.94. The zero-order valence-corrected chi connectivity index (χ0v) is 18.5. The van der Waals surface area contributed by atoms with Gasteiger partial charge in [0.25, 0.3) is 5.89 Å². The van der Waals surface area contributed by atoms with E-state index in [-0.39, 0.29) is 12.0 Å². The molecule has 0 bridgehead atoms. The number of benzene rings is 2. The van der Waals surface area contributed by atoms with Crippen LogP contribution < -0.4 is 5.32 Å². The Balaban J connectivity index is 1.60. The first-order chi connectivity index (χ1) is 15.6. The summed E-state index contributed by atoms with van der Waals surface area (Å²) in [4.78, 5) is 4.69. The summed E-state index contributed by atoms with van der Waals surface area (Å²) < 4.78 is 11.3. The van der Waals surface area contributed by atoms with Crippen LogP contribution in [0, 0.1) is 5.41 Å². The van der Waals surface area contributed by atoms with Crippen molar-refractivity contribution in [2.45, 2.75) is 19.9 Å². The van der Waals surface area contributed by atoms with Crippen molar-refractivity contribution in [3.8, 4) is 11.4 Å². The SMILES string of the molecule is COCC1(C)CC(c2nc(-c3cccc(CNCCO)c3)no2)=CC=C1c1ccccc1. The van der Waals surface area contributed by atoms with E-state index in [4.69, 9.17) is 14.4 Å². The summed E-state index contributed by atoms with van der Waals surface area (Å²) in [6.07, 6.45) is 4.96. The van der Waals surface area contributed by atoms with Crippen LogP contribution in [-0.4, -0.2) is 42.1 Å². The predicted molar refractivity (Wildman–Crippen MR) is 126 cm³/mol. The van der Waals surface area contributed by atoms with Gasteiger partial charge in [-0.05, 0) is 29.2 Å². The Morgan fingerprint density at radius 1 is 1.09 bits per heavy atom. The molecule has 0 spiro atoms. The summed E-state index contributed by atoms with van der Waals surface area (Å²) in [7, 11) is 1.74. The van der Waals surface area contributed by atoms with Crippen molar-refractivity contribution in [2.24, 2.45) is 5.41 Å². The molecule has 0 amide bonds. The van der Waals surface area contributed by atoms with Crippen molar-refractivity contribution in [3.63, 3.8) is 0 Å². The second-order valence-corrected chi connectivity index (χ2v) is 8.33. The molecule has 166 valence electrons. The van der Waals surface area contributed by atoms with Crippen LogP contribution in [0.2, 0.25) is 0 Å². The van der Waals surface area contributed by atoms with Gasteiger partial charge in [0.15, 0.2) is 0 Å². The van der Waals surface area contributed by atoms with E-state index in [0.29, 0.717) is 31.4 Å². The molecule has 0 saturated heterocycles. The second kappa shape index (κ2) is 10.0. The molecule has 4 rings (SSSR count). The summed E-state index contributed by atoms with van der Waals surface area (Å²) in [6, 6.07) is 18.4. The summed E-state index contributed by atoms with van der Waals surface area (Å²) in [5, 5.41) is 16.4. The molecule has 1 unspecified atom stereocenters. The largest absolute Gasteiger partial charge is 0.395 e. The van der Waals surface area contributed by atoms with Crippen LogP contribution in [0.1, 0.15) is 30.4 Å². The number of ether oxygens (including phenoxy) is 1. The Labute approximate surface area is 188 Å². The Hall–Kier alpha value is -3.06. The van der Waals surface area contributed by atoms with E-state index in [9.17, 15) is 0 Å². The number of aromatic nitrogens is 2. The molecule has 1 aliphatic carbocycles. The summed E-state index contributed by atoms with van der Waals surface area (Å²) in [6.45, 7) is 4.15. The van der Waals surface area contributed by atoms with Gasteiger partial charge in [-0.3, -0.25) is 0 Å². The van der Waals surface area contributed by atoms with Crippen LogP contribution in [0.3, 0.4) is 0 Å². The van der Waals surface area contributed by atoms with Crippen molar-refractivity contribution in [1.29, 1.82) is 0 Å². The number of allylic oxidation sites excluding steroid dienone is 3. The van der Waals surface area contributed by atoms with Crippen molar-refractivity contribution in [3.05, 3.63) is 83.8 Å². The van der Waals surface area contributed by atoms with Gasteiger partial charge < -0.3 is 19.7 Å². The van der Waals surface area contributed by atoms with Gasteiger partial charge in [0.2, 0.25) is 5.82 Å². The van der Waals surface area contributed by atoms with E-state index < -0.39 is 0 Å². The molecular formula is C26H29N3O3. The molecule has 32 heavy (non-hydrogen) atoms. The lowest BCUT2D eigenvalue weighted by Gasteiger charge is -2.34. The molecular weight excluding hydrogens is 402 g/mol. The molecule has 2 aromatic carbocycles. The Kier molecular flexibility index (Phi) is 6.95. The van der Waals surface area contributed by atoms with Crippen molar-refractivity contribution in [1.82, 2.24) is 15.5 Å². The minimum Gasteiger partial charge on any atom is -0.395 e. The van der Waals surface area contributed by atoms with Crippen LogP contribution in [0.15, 0.2) is 71.3 Å². The third-order valence-electron chi connectivity index (χ3n) is 5.73. The second-order valence-electron chi connectivity index (χ2n) is 8.33. The lowest BCUT2D eigenvalue weighted by Crippen LogP contribution is -2.27. The third-order valence-corrected chi connectivity index (χ3v) is 5.73. The third kappa shape index (κ3) is 4.88. The van der Waals surface area contributed by atoms with Crippen molar-refractivity contribution >= 4 is 11.1 Å². The molecule has 1 aromatic heterocycles. The topological polar surface area (TPSA) is 80.4 Å². The minimum absolute atomic E-state index is 0.116. The van der Waals surface area contributed by atoms with E-state index in [1.807, 2.05) is 30.3 Å². The number of nitrogens with zero attached hydrogens (tertiary/aromatic N) is 2. The number of aliphatic hydroxyl groups is 1. The number of methoxy groups -OCH3 is 1. The number of hydrogen-bond acceptors (Lipinski definition) is 6. The number of nitrogens with one attached hydrogen (secondary N) is 1.